The maximum absolute atomic E-state index is 12.4. The zero-order chi connectivity index (χ0) is 17.6. The number of carbonyl (C=O) groups excluding carboxylic acids is 2. The van der Waals surface area contributed by atoms with Gasteiger partial charge in [-0.1, -0.05) is 32.4 Å². The first-order valence-electron chi connectivity index (χ1n) is 7.15. The van der Waals surface area contributed by atoms with Crippen LogP contribution < -0.4 is 5.32 Å². The molecule has 0 fully saturated rings. The molecule has 0 spiro atoms. The van der Waals surface area contributed by atoms with Crippen LogP contribution in [0.4, 0.5) is 13.2 Å². The van der Waals surface area contributed by atoms with E-state index >= 15 is 0 Å². The third kappa shape index (κ3) is 8.05. The summed E-state index contributed by atoms with van der Waals surface area (Å²) in [5.74, 6) is -3.66. The average Bonchev–Trinajstić information content (AvgIpc) is 2.32. The van der Waals surface area contributed by atoms with E-state index in [-0.39, 0.29) is 0 Å². The van der Waals surface area contributed by atoms with Crippen LogP contribution in [0.15, 0.2) is 12.2 Å². The molecule has 0 saturated carbocycles. The molecule has 0 saturated heterocycles. The Hall–Kier alpha value is -1.53. The number of nitrogens with one attached hydrogen (secondary N) is 1. The van der Waals surface area contributed by atoms with Crippen molar-refractivity contribution in [3.05, 3.63) is 12.2 Å². The largest absolute Gasteiger partial charge is 0.471 e. The maximum atomic E-state index is 12.4. The van der Waals surface area contributed by atoms with Crippen molar-refractivity contribution in [2.24, 2.45) is 5.92 Å². The van der Waals surface area contributed by atoms with E-state index in [4.69, 9.17) is 4.74 Å². The zero-order valence-electron chi connectivity index (χ0n) is 13.6. The van der Waals surface area contributed by atoms with E-state index in [2.05, 4.69) is 0 Å². The Balaban J connectivity index is 5.14. The normalized spacial score (nSPS) is 15.5. The minimum atomic E-state index is -5.05. The first kappa shape index (κ1) is 20.5. The quantitative estimate of drug-likeness (QED) is 0.602. The van der Waals surface area contributed by atoms with Crippen LogP contribution in [0.2, 0.25) is 0 Å². The van der Waals surface area contributed by atoms with E-state index in [0.717, 1.165) is 12.8 Å². The van der Waals surface area contributed by atoms with Gasteiger partial charge in [0, 0.05) is 5.92 Å². The van der Waals surface area contributed by atoms with Gasteiger partial charge in [-0.25, -0.2) is 4.79 Å². The van der Waals surface area contributed by atoms with Gasteiger partial charge in [0.1, 0.15) is 11.6 Å². The molecule has 128 valence electrons. The Labute approximate surface area is 129 Å². The highest BCUT2D eigenvalue weighted by atomic mass is 19.4. The van der Waals surface area contributed by atoms with E-state index in [0.29, 0.717) is 0 Å². The van der Waals surface area contributed by atoms with Crippen molar-refractivity contribution in [3.63, 3.8) is 0 Å². The standard InChI is InChI=1S/C15H24F3NO3/c1-6-7-8-9-10(2)11(12(20)22-14(3,4)5)19-13(21)15(16,17)18/h8-11H,6-7H2,1-5H3,(H,19,21)/b9-8+/t10-,11-/m1/s1. The van der Waals surface area contributed by atoms with Gasteiger partial charge >= 0.3 is 18.1 Å². The summed E-state index contributed by atoms with van der Waals surface area (Å²) < 4.78 is 42.3. The number of amides is 1. The molecule has 0 aliphatic carbocycles. The molecule has 0 radical (unpaired) electrons. The fourth-order valence-electron chi connectivity index (χ4n) is 1.58. The van der Waals surface area contributed by atoms with Crippen LogP contribution in [0.25, 0.3) is 0 Å². The monoisotopic (exact) mass is 323 g/mol. The highest BCUT2D eigenvalue weighted by molar-refractivity contribution is 5.88. The van der Waals surface area contributed by atoms with Gasteiger partial charge in [0.25, 0.3) is 0 Å². The Morgan fingerprint density at radius 1 is 1.23 bits per heavy atom. The summed E-state index contributed by atoms with van der Waals surface area (Å²) in [7, 11) is 0. The van der Waals surface area contributed by atoms with Crippen LogP contribution >= 0.6 is 0 Å². The number of halogens is 3. The molecule has 0 aromatic rings. The average molecular weight is 323 g/mol. The Morgan fingerprint density at radius 3 is 2.18 bits per heavy atom. The second-order valence-corrected chi connectivity index (χ2v) is 6.06. The van der Waals surface area contributed by atoms with Crippen molar-refractivity contribution >= 4 is 11.9 Å². The fraction of sp³-hybridized carbons (Fsp3) is 0.733. The summed E-state index contributed by atoms with van der Waals surface area (Å²) in [6.45, 7) is 8.31. The molecule has 0 bridgehead atoms. The van der Waals surface area contributed by atoms with E-state index < -0.39 is 35.6 Å². The zero-order valence-corrected chi connectivity index (χ0v) is 13.6. The lowest BCUT2D eigenvalue weighted by Gasteiger charge is -2.27. The molecule has 0 aromatic heterocycles. The van der Waals surface area contributed by atoms with Crippen molar-refractivity contribution in [1.29, 1.82) is 0 Å². The van der Waals surface area contributed by atoms with Crippen LogP contribution in [-0.4, -0.2) is 29.7 Å². The lowest BCUT2D eigenvalue weighted by atomic mass is 10.00. The molecule has 1 N–H and O–H groups in total. The summed E-state index contributed by atoms with van der Waals surface area (Å²) in [5, 5.41) is 1.72. The summed E-state index contributed by atoms with van der Waals surface area (Å²) >= 11 is 0. The Morgan fingerprint density at radius 2 is 1.77 bits per heavy atom. The number of alkyl halides is 3. The number of hydrogen-bond donors (Lipinski definition) is 1. The summed E-state index contributed by atoms with van der Waals surface area (Å²) in [6, 6.07) is -1.39. The number of rotatable bonds is 6. The molecule has 0 aliphatic heterocycles. The Kier molecular flexibility index (Phi) is 7.62. The smallest absolute Gasteiger partial charge is 0.458 e. The van der Waals surface area contributed by atoms with Gasteiger partial charge in [-0.05, 0) is 27.2 Å². The molecular weight excluding hydrogens is 299 g/mol. The summed E-state index contributed by atoms with van der Waals surface area (Å²) in [4.78, 5) is 23.2. The minimum Gasteiger partial charge on any atom is -0.458 e. The first-order chi connectivity index (χ1) is 9.88. The number of ether oxygens (including phenoxy) is 1. The molecule has 0 rings (SSSR count). The lowest BCUT2D eigenvalue weighted by molar-refractivity contribution is -0.177. The molecule has 4 nitrogen and oxygen atoms in total. The number of unbranched alkanes of at least 4 members (excludes halogenated alkanes) is 1. The predicted molar refractivity (Wildman–Crippen MR) is 77.0 cm³/mol. The van der Waals surface area contributed by atoms with Gasteiger partial charge in [-0.15, -0.1) is 0 Å². The SMILES string of the molecule is CCC/C=C/[C@@H](C)[C@@H](NC(=O)C(F)(F)F)C(=O)OC(C)(C)C. The van der Waals surface area contributed by atoms with Crippen LogP contribution in [0.3, 0.4) is 0 Å². The molecule has 0 aromatic carbocycles. The molecule has 1 amide bonds. The number of allylic oxidation sites excluding steroid dienone is 1. The maximum Gasteiger partial charge on any atom is 0.471 e. The third-order valence-electron chi connectivity index (χ3n) is 2.63. The lowest BCUT2D eigenvalue weighted by Crippen LogP contribution is -2.51. The van der Waals surface area contributed by atoms with E-state index in [1.54, 1.807) is 45.2 Å². The number of hydrogen-bond acceptors (Lipinski definition) is 3. The van der Waals surface area contributed by atoms with Crippen molar-refractivity contribution in [3.8, 4) is 0 Å². The highest BCUT2D eigenvalue weighted by Gasteiger charge is 2.42. The van der Waals surface area contributed by atoms with E-state index in [1.807, 2.05) is 6.92 Å². The number of carbonyl (C=O) groups is 2. The first-order valence-corrected chi connectivity index (χ1v) is 7.15. The van der Waals surface area contributed by atoms with Crippen molar-refractivity contribution in [2.75, 3.05) is 0 Å². The van der Waals surface area contributed by atoms with Gasteiger partial charge in [0.2, 0.25) is 0 Å². The summed E-state index contributed by atoms with van der Waals surface area (Å²) in [6.07, 6.45) is -0.0720. The Bertz CT molecular complexity index is 411. The van der Waals surface area contributed by atoms with Crippen LogP contribution in [0, 0.1) is 5.92 Å². The van der Waals surface area contributed by atoms with Gasteiger partial charge < -0.3 is 10.1 Å². The highest BCUT2D eigenvalue weighted by Crippen LogP contribution is 2.18. The molecule has 0 heterocycles. The van der Waals surface area contributed by atoms with Gasteiger partial charge in [0.05, 0.1) is 0 Å². The van der Waals surface area contributed by atoms with Crippen molar-refractivity contribution < 1.29 is 27.5 Å². The van der Waals surface area contributed by atoms with Gasteiger partial charge in [-0.2, -0.15) is 13.2 Å². The molecule has 22 heavy (non-hydrogen) atoms. The van der Waals surface area contributed by atoms with Crippen LogP contribution in [0.1, 0.15) is 47.5 Å². The molecule has 0 unspecified atom stereocenters. The second kappa shape index (κ2) is 8.19. The summed E-state index contributed by atoms with van der Waals surface area (Å²) in [5.41, 5.74) is -0.856. The fourth-order valence-corrected chi connectivity index (χ4v) is 1.58. The number of esters is 1. The van der Waals surface area contributed by atoms with Crippen LogP contribution in [0.5, 0.6) is 0 Å². The van der Waals surface area contributed by atoms with E-state index in [1.165, 1.54) is 0 Å². The van der Waals surface area contributed by atoms with Gasteiger partial charge in [-0.3, -0.25) is 4.79 Å². The third-order valence-corrected chi connectivity index (χ3v) is 2.63. The predicted octanol–water partition coefficient (Wildman–Crippen LogP) is 3.37. The second-order valence-electron chi connectivity index (χ2n) is 6.06. The van der Waals surface area contributed by atoms with Crippen LogP contribution in [-0.2, 0) is 14.3 Å². The van der Waals surface area contributed by atoms with Gasteiger partial charge in [0.15, 0.2) is 0 Å². The minimum absolute atomic E-state index is 0.618. The molecule has 0 aliphatic rings. The topological polar surface area (TPSA) is 55.4 Å². The van der Waals surface area contributed by atoms with Crippen molar-refractivity contribution in [1.82, 2.24) is 5.32 Å². The molecular formula is C15H24F3NO3. The molecule has 2 atom stereocenters. The van der Waals surface area contributed by atoms with Crippen molar-refractivity contribution in [2.45, 2.75) is 65.3 Å². The van der Waals surface area contributed by atoms with E-state index in [9.17, 15) is 22.8 Å². The molecule has 7 heteroatoms.